The SMILES string of the molecule is Cc1ccc(C)c2c1C(=O)C(=O)N2CCC(C)(C)O. The van der Waals surface area contributed by atoms with Crippen molar-refractivity contribution in [3.05, 3.63) is 28.8 Å². The van der Waals surface area contributed by atoms with E-state index in [2.05, 4.69) is 0 Å². The molecule has 1 aliphatic heterocycles. The maximum absolute atomic E-state index is 12.1. The molecule has 1 N–H and O–H groups in total. The third kappa shape index (κ3) is 2.40. The number of carbonyl (C=O) groups is 2. The van der Waals surface area contributed by atoms with Crippen LogP contribution >= 0.6 is 0 Å². The van der Waals surface area contributed by atoms with Crippen molar-refractivity contribution >= 4 is 17.4 Å². The molecule has 0 radical (unpaired) electrons. The lowest BCUT2D eigenvalue weighted by Crippen LogP contribution is -2.35. The van der Waals surface area contributed by atoms with Crippen LogP contribution in [-0.2, 0) is 4.79 Å². The number of anilines is 1. The molecule has 0 fully saturated rings. The summed E-state index contributed by atoms with van der Waals surface area (Å²) in [6.45, 7) is 7.47. The number of amides is 1. The molecule has 1 aromatic carbocycles. The number of benzene rings is 1. The summed E-state index contributed by atoms with van der Waals surface area (Å²) in [6, 6.07) is 3.77. The Morgan fingerprint density at radius 2 is 1.74 bits per heavy atom. The number of rotatable bonds is 3. The van der Waals surface area contributed by atoms with Crippen molar-refractivity contribution in [2.45, 2.75) is 39.7 Å². The number of aryl methyl sites for hydroxylation is 2. The van der Waals surface area contributed by atoms with E-state index >= 15 is 0 Å². The number of Topliss-reactive ketones (excluding diaryl/α,β-unsaturated/α-hetero) is 1. The number of ketones is 1. The van der Waals surface area contributed by atoms with E-state index in [1.165, 1.54) is 4.90 Å². The second-order valence-electron chi connectivity index (χ2n) is 5.77. The topological polar surface area (TPSA) is 57.6 Å². The van der Waals surface area contributed by atoms with Crippen LogP contribution in [0.2, 0.25) is 0 Å². The highest BCUT2D eigenvalue weighted by molar-refractivity contribution is 6.52. The van der Waals surface area contributed by atoms with Crippen LogP contribution in [0, 0.1) is 13.8 Å². The highest BCUT2D eigenvalue weighted by Crippen LogP contribution is 2.35. The van der Waals surface area contributed by atoms with Crippen LogP contribution in [0.15, 0.2) is 12.1 Å². The van der Waals surface area contributed by atoms with Crippen molar-refractivity contribution in [1.29, 1.82) is 0 Å². The van der Waals surface area contributed by atoms with Crippen molar-refractivity contribution in [2.75, 3.05) is 11.4 Å². The van der Waals surface area contributed by atoms with E-state index < -0.39 is 17.3 Å². The minimum absolute atomic E-state index is 0.353. The Balaban J connectivity index is 2.42. The zero-order valence-electron chi connectivity index (χ0n) is 11.8. The van der Waals surface area contributed by atoms with E-state index in [9.17, 15) is 14.7 Å². The average molecular weight is 261 g/mol. The van der Waals surface area contributed by atoms with Crippen LogP contribution < -0.4 is 4.90 Å². The lowest BCUT2D eigenvalue weighted by molar-refractivity contribution is -0.114. The summed E-state index contributed by atoms with van der Waals surface area (Å²) in [7, 11) is 0. The smallest absolute Gasteiger partial charge is 0.299 e. The molecule has 4 heteroatoms. The largest absolute Gasteiger partial charge is 0.390 e. The zero-order chi connectivity index (χ0) is 14.4. The van der Waals surface area contributed by atoms with E-state index in [0.717, 1.165) is 11.1 Å². The molecule has 1 heterocycles. The molecular formula is C15H19NO3. The average Bonchev–Trinajstić information content (AvgIpc) is 2.55. The molecule has 2 rings (SSSR count). The Kier molecular flexibility index (Phi) is 3.22. The van der Waals surface area contributed by atoms with Crippen LogP contribution in [0.4, 0.5) is 5.69 Å². The molecular weight excluding hydrogens is 242 g/mol. The van der Waals surface area contributed by atoms with E-state index in [0.29, 0.717) is 24.2 Å². The Bertz CT molecular complexity index is 555. The van der Waals surface area contributed by atoms with E-state index in [1.54, 1.807) is 13.8 Å². The molecule has 0 unspecified atom stereocenters. The van der Waals surface area contributed by atoms with Gasteiger partial charge in [-0.1, -0.05) is 12.1 Å². The zero-order valence-corrected chi connectivity index (χ0v) is 11.8. The highest BCUT2D eigenvalue weighted by Gasteiger charge is 2.38. The summed E-state index contributed by atoms with van der Waals surface area (Å²) >= 11 is 0. The quantitative estimate of drug-likeness (QED) is 0.847. The van der Waals surface area contributed by atoms with Crippen molar-refractivity contribution in [3.8, 4) is 0 Å². The second-order valence-corrected chi connectivity index (χ2v) is 5.77. The van der Waals surface area contributed by atoms with Gasteiger partial charge in [-0.15, -0.1) is 0 Å². The molecule has 0 aromatic heterocycles. The van der Waals surface area contributed by atoms with Crippen molar-refractivity contribution in [3.63, 3.8) is 0 Å². The normalized spacial score (nSPS) is 15.1. The Labute approximate surface area is 113 Å². The molecule has 102 valence electrons. The first-order valence-electron chi connectivity index (χ1n) is 6.41. The first-order chi connectivity index (χ1) is 8.72. The summed E-state index contributed by atoms with van der Waals surface area (Å²) in [5.41, 5.74) is 2.10. The summed E-state index contributed by atoms with van der Waals surface area (Å²) in [5, 5.41) is 9.78. The van der Waals surface area contributed by atoms with Gasteiger partial charge in [0, 0.05) is 6.54 Å². The third-order valence-electron chi connectivity index (χ3n) is 3.47. The highest BCUT2D eigenvalue weighted by atomic mass is 16.3. The van der Waals surface area contributed by atoms with E-state index in [-0.39, 0.29) is 0 Å². The number of fused-ring (bicyclic) bond motifs is 1. The van der Waals surface area contributed by atoms with Gasteiger partial charge in [0.25, 0.3) is 11.7 Å². The molecule has 0 aliphatic carbocycles. The minimum Gasteiger partial charge on any atom is -0.390 e. The van der Waals surface area contributed by atoms with Gasteiger partial charge in [-0.2, -0.15) is 0 Å². The predicted molar refractivity (Wildman–Crippen MR) is 73.5 cm³/mol. The predicted octanol–water partition coefficient (Wildman–Crippen LogP) is 1.99. The van der Waals surface area contributed by atoms with Gasteiger partial charge in [0.1, 0.15) is 0 Å². The lowest BCUT2D eigenvalue weighted by Gasteiger charge is -2.23. The fraction of sp³-hybridized carbons (Fsp3) is 0.467. The fourth-order valence-electron chi connectivity index (χ4n) is 2.36. The first-order valence-corrected chi connectivity index (χ1v) is 6.41. The van der Waals surface area contributed by atoms with Crippen LogP contribution in [-0.4, -0.2) is 28.9 Å². The monoisotopic (exact) mass is 261 g/mol. The molecule has 1 amide bonds. The molecule has 1 aromatic rings. The van der Waals surface area contributed by atoms with Gasteiger partial charge in [-0.3, -0.25) is 9.59 Å². The minimum atomic E-state index is -0.857. The van der Waals surface area contributed by atoms with Crippen LogP contribution in [0.5, 0.6) is 0 Å². The van der Waals surface area contributed by atoms with Crippen LogP contribution in [0.25, 0.3) is 0 Å². The van der Waals surface area contributed by atoms with Gasteiger partial charge in [-0.05, 0) is 45.2 Å². The molecule has 0 saturated carbocycles. The number of aliphatic hydroxyl groups is 1. The van der Waals surface area contributed by atoms with Crippen LogP contribution in [0.1, 0.15) is 41.8 Å². The molecule has 4 nitrogen and oxygen atoms in total. The summed E-state index contributed by atoms with van der Waals surface area (Å²) in [6.07, 6.45) is 0.429. The number of nitrogens with zero attached hydrogens (tertiary/aromatic N) is 1. The number of carbonyl (C=O) groups excluding carboxylic acids is 2. The molecule has 1 aliphatic rings. The Morgan fingerprint density at radius 1 is 1.16 bits per heavy atom. The van der Waals surface area contributed by atoms with Crippen LogP contribution in [0.3, 0.4) is 0 Å². The molecule has 0 atom stereocenters. The fourth-order valence-corrected chi connectivity index (χ4v) is 2.36. The standard InChI is InChI=1S/C15H19NO3/c1-9-5-6-10(2)12-11(9)13(17)14(18)16(12)8-7-15(3,4)19/h5-6,19H,7-8H2,1-4H3. The van der Waals surface area contributed by atoms with Crippen molar-refractivity contribution < 1.29 is 14.7 Å². The molecule has 0 saturated heterocycles. The molecule has 0 bridgehead atoms. The van der Waals surface area contributed by atoms with Gasteiger partial charge < -0.3 is 10.0 Å². The van der Waals surface area contributed by atoms with E-state index in [4.69, 9.17) is 0 Å². The first kappa shape index (κ1) is 13.7. The van der Waals surface area contributed by atoms with Gasteiger partial charge in [0.05, 0.1) is 16.9 Å². The van der Waals surface area contributed by atoms with Gasteiger partial charge in [0.15, 0.2) is 0 Å². The van der Waals surface area contributed by atoms with Gasteiger partial charge >= 0.3 is 0 Å². The van der Waals surface area contributed by atoms with Gasteiger partial charge in [-0.25, -0.2) is 0 Å². The second kappa shape index (κ2) is 4.46. The Morgan fingerprint density at radius 3 is 2.32 bits per heavy atom. The maximum atomic E-state index is 12.1. The van der Waals surface area contributed by atoms with E-state index in [1.807, 2.05) is 26.0 Å². The van der Waals surface area contributed by atoms with Gasteiger partial charge in [0.2, 0.25) is 0 Å². The molecule has 19 heavy (non-hydrogen) atoms. The summed E-state index contributed by atoms with van der Waals surface area (Å²) in [5.74, 6) is -0.927. The van der Waals surface area contributed by atoms with Crippen molar-refractivity contribution in [2.24, 2.45) is 0 Å². The van der Waals surface area contributed by atoms with Crippen molar-refractivity contribution in [1.82, 2.24) is 0 Å². The number of hydrogen-bond donors (Lipinski definition) is 1. The summed E-state index contributed by atoms with van der Waals surface area (Å²) in [4.78, 5) is 25.6. The maximum Gasteiger partial charge on any atom is 0.299 e. The molecule has 0 spiro atoms. The number of hydrogen-bond acceptors (Lipinski definition) is 3. The summed E-state index contributed by atoms with van der Waals surface area (Å²) < 4.78 is 0. The Hall–Kier alpha value is -1.68. The third-order valence-corrected chi connectivity index (χ3v) is 3.47. The lowest BCUT2D eigenvalue weighted by atomic mass is 10.0.